The monoisotopic (exact) mass is 496 g/mol. The van der Waals surface area contributed by atoms with Crippen molar-refractivity contribution in [2.45, 2.75) is 46.0 Å². The second-order valence-corrected chi connectivity index (χ2v) is 8.68. The lowest BCUT2D eigenvalue weighted by molar-refractivity contribution is -0.117. The molecule has 1 aromatic heterocycles. The summed E-state index contributed by atoms with van der Waals surface area (Å²) in [5.41, 5.74) is 8.74. The summed E-state index contributed by atoms with van der Waals surface area (Å²) >= 11 is 5.74. The van der Waals surface area contributed by atoms with Crippen LogP contribution in [-0.2, 0) is 11.2 Å². The Morgan fingerprint density at radius 2 is 1.97 bits per heavy atom. The minimum absolute atomic E-state index is 0.182. The fourth-order valence-corrected chi connectivity index (χ4v) is 3.87. The van der Waals surface area contributed by atoms with Crippen LogP contribution in [-0.4, -0.2) is 23.8 Å². The third kappa shape index (κ3) is 7.17. The van der Waals surface area contributed by atoms with Gasteiger partial charge in [-0.2, -0.15) is 5.26 Å². The number of amides is 2. The molecule has 0 saturated carbocycles. The van der Waals surface area contributed by atoms with E-state index in [0.29, 0.717) is 34.6 Å². The van der Waals surface area contributed by atoms with Crippen molar-refractivity contribution in [3.8, 4) is 17.2 Å². The van der Waals surface area contributed by atoms with Crippen molar-refractivity contribution in [1.82, 2.24) is 10.3 Å². The first-order valence-corrected chi connectivity index (χ1v) is 11.7. The van der Waals surface area contributed by atoms with Crippen LogP contribution >= 0.6 is 11.6 Å². The fraction of sp³-hybridized carbons (Fsp3) is 0.296. The number of halogens is 2. The number of carbonyl (C=O) groups excluding carboxylic acids is 2. The van der Waals surface area contributed by atoms with E-state index >= 15 is 0 Å². The molecule has 1 atom stereocenters. The van der Waals surface area contributed by atoms with Crippen molar-refractivity contribution in [2.75, 3.05) is 7.05 Å². The molecule has 0 fully saturated rings. The SMILES string of the molecule is CCC(C)c1cc(C)c(-c2c(C(=O)NC)c[nH]c2C#N)c(F)c1.NC(=O)CCc1cccc(Cl)c1. The maximum atomic E-state index is 14.8. The molecule has 184 valence electrons. The van der Waals surface area contributed by atoms with Gasteiger partial charge in [-0.25, -0.2) is 4.39 Å². The summed E-state index contributed by atoms with van der Waals surface area (Å²) in [5, 5.41) is 12.5. The number of hydrogen-bond acceptors (Lipinski definition) is 3. The summed E-state index contributed by atoms with van der Waals surface area (Å²) in [4.78, 5) is 25.2. The minimum Gasteiger partial charge on any atom is -0.370 e. The summed E-state index contributed by atoms with van der Waals surface area (Å²) < 4.78 is 14.8. The summed E-state index contributed by atoms with van der Waals surface area (Å²) in [6, 6.07) is 12.8. The first-order chi connectivity index (χ1) is 16.6. The Morgan fingerprint density at radius 1 is 1.26 bits per heavy atom. The normalized spacial score (nSPS) is 11.1. The summed E-state index contributed by atoms with van der Waals surface area (Å²) in [5.74, 6) is -0.809. The molecule has 2 amide bonds. The zero-order valence-electron chi connectivity index (χ0n) is 20.3. The van der Waals surface area contributed by atoms with Gasteiger partial charge < -0.3 is 16.0 Å². The molecule has 0 spiro atoms. The van der Waals surface area contributed by atoms with Gasteiger partial charge in [-0.15, -0.1) is 0 Å². The van der Waals surface area contributed by atoms with Crippen molar-refractivity contribution in [3.63, 3.8) is 0 Å². The van der Waals surface area contributed by atoms with Crippen molar-refractivity contribution in [2.24, 2.45) is 5.73 Å². The van der Waals surface area contributed by atoms with E-state index in [1.54, 1.807) is 13.0 Å². The number of hydrogen-bond donors (Lipinski definition) is 3. The molecule has 1 unspecified atom stereocenters. The van der Waals surface area contributed by atoms with Gasteiger partial charge >= 0.3 is 0 Å². The number of H-pyrrole nitrogens is 1. The molecule has 0 aliphatic carbocycles. The number of aryl methyl sites for hydroxylation is 2. The molecule has 8 heteroatoms. The van der Waals surface area contributed by atoms with E-state index in [2.05, 4.69) is 17.2 Å². The average molecular weight is 497 g/mol. The molecule has 3 rings (SSSR count). The molecule has 3 aromatic rings. The number of nitrogens with zero attached hydrogens (tertiary/aromatic N) is 1. The van der Waals surface area contributed by atoms with Gasteiger partial charge in [-0.05, 0) is 60.6 Å². The molecular weight excluding hydrogens is 467 g/mol. The number of aromatic amines is 1. The maximum absolute atomic E-state index is 14.8. The number of primary amides is 1. The second kappa shape index (κ2) is 12.7. The van der Waals surface area contributed by atoms with E-state index < -0.39 is 5.82 Å². The zero-order chi connectivity index (χ0) is 26.1. The molecule has 0 aliphatic rings. The molecule has 6 nitrogen and oxygen atoms in total. The predicted molar refractivity (Wildman–Crippen MR) is 137 cm³/mol. The minimum atomic E-state index is -0.415. The van der Waals surface area contributed by atoms with Crippen molar-refractivity contribution in [1.29, 1.82) is 5.26 Å². The van der Waals surface area contributed by atoms with E-state index in [1.807, 2.05) is 37.3 Å². The highest BCUT2D eigenvalue weighted by Gasteiger charge is 2.23. The first kappa shape index (κ1) is 27.6. The number of benzene rings is 2. The molecule has 0 radical (unpaired) electrons. The van der Waals surface area contributed by atoms with E-state index in [-0.39, 0.29) is 29.0 Å². The third-order valence-electron chi connectivity index (χ3n) is 5.75. The molecule has 2 aromatic carbocycles. The predicted octanol–water partition coefficient (Wildman–Crippen LogP) is 5.63. The Hall–Kier alpha value is -3.63. The Bertz CT molecular complexity index is 1220. The number of carbonyl (C=O) groups is 2. The van der Waals surface area contributed by atoms with Gasteiger partial charge in [0, 0.05) is 35.8 Å². The number of nitrogens with one attached hydrogen (secondary N) is 2. The van der Waals surface area contributed by atoms with Crippen LogP contribution in [0, 0.1) is 24.1 Å². The Morgan fingerprint density at radius 3 is 2.51 bits per heavy atom. The molecule has 0 bridgehead atoms. The van der Waals surface area contributed by atoms with Crippen molar-refractivity contribution in [3.05, 3.63) is 81.4 Å². The van der Waals surface area contributed by atoms with Crippen LogP contribution in [0.5, 0.6) is 0 Å². The number of rotatable bonds is 7. The number of nitrogens with two attached hydrogens (primary N) is 1. The van der Waals surface area contributed by atoms with Crippen LogP contribution in [0.2, 0.25) is 5.02 Å². The molecule has 4 N–H and O–H groups in total. The molecular formula is C27H30ClFN4O2. The van der Waals surface area contributed by atoms with Crippen LogP contribution < -0.4 is 11.1 Å². The number of nitriles is 1. The average Bonchev–Trinajstić information content (AvgIpc) is 3.25. The first-order valence-electron chi connectivity index (χ1n) is 11.3. The van der Waals surface area contributed by atoms with E-state index in [1.165, 1.54) is 19.3 Å². The Kier molecular flexibility index (Phi) is 10.0. The van der Waals surface area contributed by atoms with Crippen LogP contribution in [0.15, 0.2) is 42.6 Å². The van der Waals surface area contributed by atoms with Gasteiger partial charge in [0.1, 0.15) is 17.6 Å². The van der Waals surface area contributed by atoms with Crippen LogP contribution in [0.1, 0.15) is 65.3 Å². The zero-order valence-corrected chi connectivity index (χ0v) is 21.1. The summed E-state index contributed by atoms with van der Waals surface area (Å²) in [7, 11) is 1.50. The molecule has 1 heterocycles. The van der Waals surface area contributed by atoms with E-state index in [9.17, 15) is 19.2 Å². The van der Waals surface area contributed by atoms with Crippen LogP contribution in [0.25, 0.3) is 11.1 Å². The van der Waals surface area contributed by atoms with Gasteiger partial charge in [0.25, 0.3) is 5.91 Å². The highest BCUT2D eigenvalue weighted by Crippen LogP contribution is 2.35. The fourth-order valence-electron chi connectivity index (χ4n) is 3.65. The molecule has 35 heavy (non-hydrogen) atoms. The van der Waals surface area contributed by atoms with Crippen LogP contribution in [0.3, 0.4) is 0 Å². The number of aromatic nitrogens is 1. The van der Waals surface area contributed by atoms with E-state index in [0.717, 1.165) is 17.5 Å². The lowest BCUT2D eigenvalue weighted by Gasteiger charge is -2.15. The van der Waals surface area contributed by atoms with Gasteiger partial charge in [-0.3, -0.25) is 9.59 Å². The molecule has 0 aliphatic heterocycles. The van der Waals surface area contributed by atoms with Crippen LogP contribution in [0.4, 0.5) is 4.39 Å². The summed E-state index contributed by atoms with van der Waals surface area (Å²) in [6.45, 7) is 5.89. The smallest absolute Gasteiger partial charge is 0.253 e. The topological polar surface area (TPSA) is 112 Å². The third-order valence-corrected chi connectivity index (χ3v) is 5.99. The largest absolute Gasteiger partial charge is 0.370 e. The standard InChI is InChI=1S/C18H20FN3O.C9H10ClNO/c1-5-10(2)12-6-11(3)16(14(19)7-12)17-13(18(23)21-4)9-22-15(17)8-20;10-8-3-1-2-7(6-8)4-5-9(11)12/h6-7,9-10,22H,5H2,1-4H3,(H,21,23);1-3,6H,4-5H2,(H2,11,12). The second-order valence-electron chi connectivity index (χ2n) is 8.24. The van der Waals surface area contributed by atoms with Crippen molar-refractivity contribution >= 4 is 23.4 Å². The van der Waals surface area contributed by atoms with Gasteiger partial charge in [0.2, 0.25) is 5.91 Å². The van der Waals surface area contributed by atoms with E-state index in [4.69, 9.17) is 17.3 Å². The van der Waals surface area contributed by atoms with Gasteiger partial charge in [0.05, 0.1) is 5.56 Å². The van der Waals surface area contributed by atoms with Gasteiger partial charge in [-0.1, -0.05) is 43.6 Å². The van der Waals surface area contributed by atoms with Gasteiger partial charge in [0.15, 0.2) is 0 Å². The highest BCUT2D eigenvalue weighted by atomic mass is 35.5. The highest BCUT2D eigenvalue weighted by molar-refractivity contribution is 6.30. The van der Waals surface area contributed by atoms with Crippen molar-refractivity contribution < 1.29 is 14.0 Å². The lowest BCUT2D eigenvalue weighted by atomic mass is 9.90. The lowest BCUT2D eigenvalue weighted by Crippen LogP contribution is -2.18. The maximum Gasteiger partial charge on any atom is 0.253 e. The Balaban J connectivity index is 0.000000303. The Labute approximate surface area is 210 Å². The quantitative estimate of drug-likeness (QED) is 0.394. The molecule has 0 saturated heterocycles. The summed E-state index contributed by atoms with van der Waals surface area (Å²) in [6.07, 6.45) is 3.39.